The van der Waals surface area contributed by atoms with Crippen molar-refractivity contribution in [3.05, 3.63) is 66.4 Å². The van der Waals surface area contributed by atoms with Gasteiger partial charge in [0, 0.05) is 36.1 Å². The van der Waals surface area contributed by atoms with Crippen LogP contribution in [0.15, 0.2) is 60.8 Å². The van der Waals surface area contributed by atoms with Crippen LogP contribution < -0.4 is 14.9 Å². The summed E-state index contributed by atoms with van der Waals surface area (Å²) in [6.07, 6.45) is 3.68. The Bertz CT molecular complexity index is 1500. The van der Waals surface area contributed by atoms with Crippen LogP contribution in [0.5, 0.6) is 0 Å². The number of nitrogens with one attached hydrogen (secondary N) is 2. The molecule has 0 saturated carbocycles. The number of carbonyl (C=O) groups is 1. The first-order chi connectivity index (χ1) is 15.8. The average molecular weight is 463 g/mol. The number of fused-ring (bicyclic) bond motifs is 2. The van der Waals surface area contributed by atoms with E-state index in [1.807, 2.05) is 36.4 Å². The van der Waals surface area contributed by atoms with Gasteiger partial charge in [0.05, 0.1) is 23.7 Å². The van der Waals surface area contributed by atoms with Gasteiger partial charge in [-0.15, -0.1) is 5.10 Å². The first-order valence-corrected chi connectivity index (χ1v) is 12.3. The Hall–Kier alpha value is -3.92. The summed E-state index contributed by atoms with van der Waals surface area (Å²) >= 11 is 0. The minimum Gasteiger partial charge on any atom is -0.323 e. The van der Waals surface area contributed by atoms with Crippen LogP contribution in [0, 0.1) is 0 Å². The molecule has 2 aromatic carbocycles. The summed E-state index contributed by atoms with van der Waals surface area (Å²) in [4.78, 5) is 18.1. The summed E-state index contributed by atoms with van der Waals surface area (Å²) in [5, 5.41) is 7.86. The number of sulfonamides is 1. The van der Waals surface area contributed by atoms with Crippen LogP contribution in [0.25, 0.3) is 16.8 Å². The lowest BCUT2D eigenvalue weighted by molar-refractivity contribution is -0.116. The van der Waals surface area contributed by atoms with E-state index in [2.05, 4.69) is 20.1 Å². The molecule has 0 fully saturated rings. The van der Waals surface area contributed by atoms with Crippen LogP contribution in [0.1, 0.15) is 12.5 Å². The molecule has 0 spiro atoms. The maximum atomic E-state index is 11.9. The van der Waals surface area contributed by atoms with Gasteiger partial charge in [-0.05, 0) is 48.4 Å². The van der Waals surface area contributed by atoms with Crippen molar-refractivity contribution in [2.24, 2.45) is 0 Å². The van der Waals surface area contributed by atoms with E-state index in [-0.39, 0.29) is 5.91 Å². The van der Waals surface area contributed by atoms with E-state index < -0.39 is 10.0 Å². The number of rotatable bonds is 5. The van der Waals surface area contributed by atoms with Gasteiger partial charge < -0.3 is 10.2 Å². The highest BCUT2D eigenvalue weighted by molar-refractivity contribution is 7.92. The van der Waals surface area contributed by atoms with Gasteiger partial charge in [0.2, 0.25) is 21.9 Å². The van der Waals surface area contributed by atoms with Gasteiger partial charge >= 0.3 is 0 Å². The number of hydrogen-bond donors (Lipinski definition) is 2. The lowest BCUT2D eigenvalue weighted by Crippen LogP contribution is -2.25. The van der Waals surface area contributed by atoms with Crippen molar-refractivity contribution < 1.29 is 13.2 Å². The van der Waals surface area contributed by atoms with E-state index in [0.29, 0.717) is 18.2 Å². The van der Waals surface area contributed by atoms with E-state index in [0.717, 1.165) is 46.4 Å². The summed E-state index contributed by atoms with van der Waals surface area (Å²) in [6, 6.07) is 16.8. The number of nitrogens with zero attached hydrogens (tertiary/aromatic N) is 4. The van der Waals surface area contributed by atoms with Crippen LogP contribution >= 0.6 is 0 Å². The first kappa shape index (κ1) is 21.0. The number of amides is 1. The lowest BCUT2D eigenvalue weighted by atomic mass is 10.1. The van der Waals surface area contributed by atoms with E-state index in [1.165, 1.54) is 0 Å². The second-order valence-electron chi connectivity index (χ2n) is 7.98. The Balaban J connectivity index is 1.47. The molecule has 3 heterocycles. The molecule has 0 bridgehead atoms. The minimum absolute atomic E-state index is 0.0214. The first-order valence-electron chi connectivity index (χ1n) is 10.4. The molecule has 0 unspecified atom stereocenters. The summed E-state index contributed by atoms with van der Waals surface area (Å²) in [5.74, 6) is 0.422. The highest BCUT2D eigenvalue weighted by atomic mass is 32.2. The zero-order valence-electron chi connectivity index (χ0n) is 18.1. The van der Waals surface area contributed by atoms with Gasteiger partial charge in [-0.3, -0.25) is 9.52 Å². The zero-order valence-corrected chi connectivity index (χ0v) is 18.9. The third-order valence-electron chi connectivity index (χ3n) is 5.48. The molecule has 0 radical (unpaired) electrons. The summed E-state index contributed by atoms with van der Waals surface area (Å²) < 4.78 is 27.4. The van der Waals surface area contributed by atoms with E-state index in [9.17, 15) is 13.2 Å². The quantitative estimate of drug-likeness (QED) is 0.470. The van der Waals surface area contributed by atoms with E-state index in [4.69, 9.17) is 0 Å². The molecule has 168 valence electrons. The molecule has 2 N–H and O–H groups in total. The van der Waals surface area contributed by atoms with Crippen molar-refractivity contribution in [2.75, 3.05) is 27.7 Å². The van der Waals surface area contributed by atoms with Gasteiger partial charge in [-0.2, -0.15) is 0 Å². The normalized spacial score (nSPS) is 13.2. The number of carbonyl (C=O) groups excluding carboxylic acids is 1. The topological polar surface area (TPSA) is 109 Å². The largest absolute Gasteiger partial charge is 0.323 e. The predicted molar refractivity (Wildman–Crippen MR) is 128 cm³/mol. The fourth-order valence-electron chi connectivity index (χ4n) is 4.05. The van der Waals surface area contributed by atoms with Crippen LogP contribution in [0.4, 0.5) is 23.0 Å². The Labute approximate surface area is 191 Å². The van der Waals surface area contributed by atoms with Gasteiger partial charge in [-0.1, -0.05) is 18.2 Å². The van der Waals surface area contributed by atoms with Crippen LogP contribution in [0.3, 0.4) is 0 Å². The van der Waals surface area contributed by atoms with Crippen LogP contribution in [0.2, 0.25) is 0 Å². The molecule has 10 heteroatoms. The van der Waals surface area contributed by atoms with E-state index >= 15 is 0 Å². The van der Waals surface area contributed by atoms with Gasteiger partial charge in [0.15, 0.2) is 0 Å². The number of anilines is 4. The minimum atomic E-state index is -3.38. The molecule has 0 atom stereocenters. The second kappa shape index (κ2) is 7.89. The average Bonchev–Trinajstić information content (AvgIpc) is 3.36. The number of aromatic nitrogens is 3. The predicted octanol–water partition coefficient (Wildman–Crippen LogP) is 3.42. The smallest absolute Gasteiger partial charge is 0.245 e. The van der Waals surface area contributed by atoms with Gasteiger partial charge in [0.25, 0.3) is 0 Å². The van der Waals surface area contributed by atoms with Crippen molar-refractivity contribution in [2.45, 2.75) is 13.3 Å². The van der Waals surface area contributed by atoms with Crippen molar-refractivity contribution in [1.29, 1.82) is 0 Å². The summed E-state index contributed by atoms with van der Waals surface area (Å²) in [6.45, 7) is 2.26. The molecule has 1 amide bonds. The Morgan fingerprint density at radius 1 is 1.06 bits per heavy atom. The van der Waals surface area contributed by atoms with Crippen molar-refractivity contribution in [1.82, 2.24) is 14.6 Å². The molecular weight excluding hydrogens is 440 g/mol. The SMILES string of the molecule is CC(=O)N1CCc2ccc(Nc3ncc4ccc(-c5cccc(NS(C)(=O)=O)c5)n4n3)cc21. The lowest BCUT2D eigenvalue weighted by Gasteiger charge is -2.16. The molecule has 0 aliphatic carbocycles. The monoisotopic (exact) mass is 462 g/mol. The fourth-order valence-corrected chi connectivity index (χ4v) is 4.60. The summed E-state index contributed by atoms with van der Waals surface area (Å²) in [5.41, 5.74) is 5.72. The van der Waals surface area contributed by atoms with Crippen LogP contribution in [-0.4, -0.2) is 41.7 Å². The van der Waals surface area contributed by atoms with Gasteiger partial charge in [0.1, 0.15) is 0 Å². The van der Waals surface area contributed by atoms with Crippen molar-refractivity contribution >= 4 is 44.5 Å². The summed E-state index contributed by atoms with van der Waals surface area (Å²) in [7, 11) is -3.38. The standard InChI is InChI=1S/C23H22N6O3S/c1-15(30)28-11-10-16-6-7-18(13-22(16)28)25-23-24-14-20-8-9-21(29(20)26-23)17-4-3-5-19(12-17)27-33(2,31)32/h3-9,12-14,27H,10-11H2,1-2H3,(H,25,26). The molecule has 1 aliphatic heterocycles. The molecule has 9 nitrogen and oxygen atoms in total. The maximum Gasteiger partial charge on any atom is 0.245 e. The molecule has 5 rings (SSSR count). The van der Waals surface area contributed by atoms with Gasteiger partial charge in [-0.25, -0.2) is 17.9 Å². The van der Waals surface area contributed by atoms with Crippen molar-refractivity contribution in [3.8, 4) is 11.3 Å². The Morgan fingerprint density at radius 3 is 2.70 bits per heavy atom. The molecule has 4 aromatic rings. The Morgan fingerprint density at radius 2 is 1.91 bits per heavy atom. The third kappa shape index (κ3) is 4.24. The number of hydrogen-bond acceptors (Lipinski definition) is 6. The number of benzene rings is 2. The highest BCUT2D eigenvalue weighted by Crippen LogP contribution is 2.32. The van der Waals surface area contributed by atoms with E-state index in [1.54, 1.807) is 40.7 Å². The second-order valence-corrected chi connectivity index (χ2v) is 9.73. The molecule has 33 heavy (non-hydrogen) atoms. The Kier molecular flexibility index (Phi) is 5.01. The maximum absolute atomic E-state index is 11.9. The molecule has 1 aliphatic rings. The zero-order chi connectivity index (χ0) is 23.2. The highest BCUT2D eigenvalue weighted by Gasteiger charge is 2.22. The fraction of sp³-hybridized carbons (Fsp3) is 0.174. The molecule has 2 aromatic heterocycles. The van der Waals surface area contributed by atoms with Crippen molar-refractivity contribution in [3.63, 3.8) is 0 Å². The van der Waals surface area contributed by atoms with Crippen LogP contribution in [-0.2, 0) is 21.2 Å². The molecular formula is C23H22N6O3S. The third-order valence-corrected chi connectivity index (χ3v) is 6.08. The molecule has 0 saturated heterocycles.